The number of benzene rings is 1. The number of fused-ring (bicyclic) bond motifs is 1. The summed E-state index contributed by atoms with van der Waals surface area (Å²) in [4.78, 5) is 33.8. The Labute approximate surface area is 180 Å². The maximum Gasteiger partial charge on any atom is 0.252 e. The van der Waals surface area contributed by atoms with Gasteiger partial charge in [-0.25, -0.2) is 9.97 Å². The van der Waals surface area contributed by atoms with E-state index in [1.807, 2.05) is 6.92 Å². The highest BCUT2D eigenvalue weighted by atomic mass is 32.1. The van der Waals surface area contributed by atoms with Gasteiger partial charge in [-0.1, -0.05) is 0 Å². The number of ether oxygens (including phenoxy) is 1. The number of furan rings is 1. The maximum atomic E-state index is 12.5. The number of aromatic nitrogens is 4. The Morgan fingerprint density at radius 1 is 1.29 bits per heavy atom. The first kappa shape index (κ1) is 20.5. The zero-order valence-corrected chi connectivity index (χ0v) is 17.7. The summed E-state index contributed by atoms with van der Waals surface area (Å²) in [6, 6.07) is 3.37. The van der Waals surface area contributed by atoms with Gasteiger partial charge < -0.3 is 20.6 Å². The summed E-state index contributed by atoms with van der Waals surface area (Å²) in [5, 5.41) is 5.39. The zero-order valence-electron chi connectivity index (χ0n) is 16.9. The molecule has 1 aromatic carbocycles. The largest absolute Gasteiger partial charge is 0.488 e. The first-order valence-electron chi connectivity index (χ1n) is 9.36. The van der Waals surface area contributed by atoms with Gasteiger partial charge in [-0.3, -0.25) is 14.3 Å². The Morgan fingerprint density at radius 2 is 2.10 bits per heavy atom. The Balaban J connectivity index is 1.88. The molecule has 0 saturated carbocycles. The molecule has 160 valence electrons. The van der Waals surface area contributed by atoms with Crippen molar-refractivity contribution in [1.29, 1.82) is 0 Å². The number of rotatable bonds is 8. The van der Waals surface area contributed by atoms with Crippen LogP contribution in [-0.2, 0) is 17.9 Å². The van der Waals surface area contributed by atoms with Crippen molar-refractivity contribution in [3.63, 3.8) is 0 Å². The van der Waals surface area contributed by atoms with E-state index in [0.717, 1.165) is 9.88 Å². The third-order valence-corrected chi connectivity index (χ3v) is 5.73. The number of carbonyl (C=O) groups is 2. The zero-order chi connectivity index (χ0) is 22.1. The second kappa shape index (κ2) is 8.19. The predicted octanol–water partition coefficient (Wildman–Crippen LogP) is 2.04. The maximum absolute atomic E-state index is 12.5. The molecule has 0 fully saturated rings. The highest BCUT2D eigenvalue weighted by molar-refractivity contribution is 7.11. The van der Waals surface area contributed by atoms with Gasteiger partial charge >= 0.3 is 0 Å². The highest BCUT2D eigenvalue weighted by Crippen LogP contribution is 2.39. The molecule has 4 N–H and O–H groups in total. The summed E-state index contributed by atoms with van der Waals surface area (Å²) in [6.45, 7) is 3.88. The molecule has 0 aliphatic heterocycles. The molecule has 3 heterocycles. The summed E-state index contributed by atoms with van der Waals surface area (Å²) in [5.41, 5.74) is 12.4. The second-order valence-electron chi connectivity index (χ2n) is 6.95. The van der Waals surface area contributed by atoms with Crippen LogP contribution in [0.25, 0.3) is 11.0 Å². The molecule has 10 nitrogen and oxygen atoms in total. The molecule has 3 aromatic heterocycles. The molecule has 0 bridgehead atoms. The van der Waals surface area contributed by atoms with Gasteiger partial charge in [-0.15, -0.1) is 11.3 Å². The van der Waals surface area contributed by atoms with Crippen molar-refractivity contribution in [3.8, 4) is 5.75 Å². The SMILES string of the molecule is Cc1ncc(COc2ccc3oc(C)c(C(N)=O)c3c2C(Cn2cncn2)C(N)=O)s1. The summed E-state index contributed by atoms with van der Waals surface area (Å²) in [6.07, 6.45) is 4.57. The lowest BCUT2D eigenvalue weighted by molar-refractivity contribution is -0.119. The van der Waals surface area contributed by atoms with Crippen LogP contribution in [0.5, 0.6) is 5.75 Å². The van der Waals surface area contributed by atoms with Gasteiger partial charge in [0, 0.05) is 17.1 Å². The van der Waals surface area contributed by atoms with Gasteiger partial charge in [0.2, 0.25) is 5.91 Å². The van der Waals surface area contributed by atoms with Crippen molar-refractivity contribution in [2.24, 2.45) is 11.5 Å². The molecule has 0 spiro atoms. The summed E-state index contributed by atoms with van der Waals surface area (Å²) < 4.78 is 13.3. The highest BCUT2D eigenvalue weighted by Gasteiger charge is 2.30. The van der Waals surface area contributed by atoms with Crippen LogP contribution >= 0.6 is 11.3 Å². The molecule has 4 aromatic rings. The summed E-state index contributed by atoms with van der Waals surface area (Å²) in [5.74, 6) is -1.42. The molecular weight excluding hydrogens is 420 g/mol. The summed E-state index contributed by atoms with van der Waals surface area (Å²) in [7, 11) is 0. The van der Waals surface area contributed by atoms with Crippen molar-refractivity contribution in [1.82, 2.24) is 19.7 Å². The van der Waals surface area contributed by atoms with E-state index in [2.05, 4.69) is 15.1 Å². The predicted molar refractivity (Wildman–Crippen MR) is 113 cm³/mol. The van der Waals surface area contributed by atoms with Gasteiger partial charge in [0.15, 0.2) is 0 Å². The van der Waals surface area contributed by atoms with E-state index in [0.29, 0.717) is 28.0 Å². The number of nitrogens with two attached hydrogens (primary N) is 2. The molecule has 2 amide bonds. The van der Waals surface area contributed by atoms with Crippen LogP contribution in [0.4, 0.5) is 0 Å². The molecule has 0 aliphatic carbocycles. The van der Waals surface area contributed by atoms with E-state index in [1.165, 1.54) is 28.7 Å². The fourth-order valence-corrected chi connectivity index (χ4v) is 4.25. The van der Waals surface area contributed by atoms with E-state index in [4.69, 9.17) is 20.6 Å². The molecule has 31 heavy (non-hydrogen) atoms. The number of hydrogen-bond donors (Lipinski definition) is 2. The molecule has 0 aliphatic rings. The normalized spacial score (nSPS) is 12.2. The third kappa shape index (κ3) is 3.99. The van der Waals surface area contributed by atoms with Gasteiger partial charge in [-0.2, -0.15) is 5.10 Å². The second-order valence-corrected chi connectivity index (χ2v) is 8.27. The fraction of sp³-hybridized carbons (Fsp3) is 0.250. The van der Waals surface area contributed by atoms with E-state index in [-0.39, 0.29) is 18.7 Å². The van der Waals surface area contributed by atoms with Crippen LogP contribution in [0.1, 0.15) is 37.5 Å². The van der Waals surface area contributed by atoms with Gasteiger partial charge in [-0.05, 0) is 26.0 Å². The van der Waals surface area contributed by atoms with Gasteiger partial charge in [0.1, 0.15) is 36.4 Å². The molecule has 0 radical (unpaired) electrons. The van der Waals surface area contributed by atoms with Crippen LogP contribution < -0.4 is 16.2 Å². The monoisotopic (exact) mass is 440 g/mol. The number of aryl methyl sites for hydroxylation is 2. The van der Waals surface area contributed by atoms with Crippen molar-refractivity contribution in [3.05, 3.63) is 57.8 Å². The number of carbonyl (C=O) groups excluding carboxylic acids is 2. The van der Waals surface area contributed by atoms with Crippen molar-refractivity contribution in [2.45, 2.75) is 32.9 Å². The molecule has 1 unspecified atom stereocenters. The first-order chi connectivity index (χ1) is 14.8. The number of primary amides is 2. The standard InChI is InChI=1S/C20H20N6O4S/c1-10-16(20(22)28)18-15(30-10)4-3-14(29-7-12-5-24-11(2)31-12)17(18)13(19(21)27)6-26-9-23-8-25-26/h3-5,8-9,13H,6-7H2,1-2H3,(H2,21,27)(H2,22,28). The number of amides is 2. The van der Waals surface area contributed by atoms with E-state index < -0.39 is 17.7 Å². The Bertz CT molecular complexity index is 1260. The van der Waals surface area contributed by atoms with Crippen LogP contribution in [0, 0.1) is 13.8 Å². The first-order valence-corrected chi connectivity index (χ1v) is 10.2. The van der Waals surface area contributed by atoms with E-state index in [1.54, 1.807) is 25.3 Å². The molecule has 1 atom stereocenters. The molecular formula is C20H20N6O4S. The smallest absolute Gasteiger partial charge is 0.252 e. The average molecular weight is 440 g/mol. The van der Waals surface area contributed by atoms with Crippen LogP contribution in [0.15, 0.2) is 35.4 Å². The third-order valence-electron chi connectivity index (χ3n) is 4.85. The van der Waals surface area contributed by atoms with E-state index >= 15 is 0 Å². The molecule has 11 heteroatoms. The van der Waals surface area contributed by atoms with Crippen molar-refractivity contribution >= 4 is 34.1 Å². The minimum absolute atomic E-state index is 0.104. The minimum Gasteiger partial charge on any atom is -0.488 e. The number of hydrogen-bond acceptors (Lipinski definition) is 8. The Hall–Kier alpha value is -3.73. The van der Waals surface area contributed by atoms with Crippen LogP contribution in [0.3, 0.4) is 0 Å². The lowest BCUT2D eigenvalue weighted by atomic mass is 9.91. The number of nitrogens with zero attached hydrogens (tertiary/aromatic N) is 4. The average Bonchev–Trinajstić information content (AvgIpc) is 3.43. The van der Waals surface area contributed by atoms with Gasteiger partial charge in [0.25, 0.3) is 5.91 Å². The quantitative estimate of drug-likeness (QED) is 0.425. The fourth-order valence-electron chi connectivity index (χ4n) is 3.54. The lowest BCUT2D eigenvalue weighted by Gasteiger charge is -2.19. The van der Waals surface area contributed by atoms with Crippen LogP contribution in [0.2, 0.25) is 0 Å². The van der Waals surface area contributed by atoms with Crippen molar-refractivity contribution < 1.29 is 18.7 Å². The summed E-state index contributed by atoms with van der Waals surface area (Å²) >= 11 is 1.50. The van der Waals surface area contributed by atoms with Crippen molar-refractivity contribution in [2.75, 3.05) is 0 Å². The topological polar surface area (TPSA) is 152 Å². The lowest BCUT2D eigenvalue weighted by Crippen LogP contribution is -2.27. The number of thiazole rings is 1. The Morgan fingerprint density at radius 3 is 2.71 bits per heavy atom. The van der Waals surface area contributed by atoms with Crippen LogP contribution in [-0.4, -0.2) is 31.6 Å². The van der Waals surface area contributed by atoms with Gasteiger partial charge in [0.05, 0.1) is 27.9 Å². The Kier molecular flexibility index (Phi) is 5.42. The van der Waals surface area contributed by atoms with E-state index in [9.17, 15) is 9.59 Å². The minimum atomic E-state index is -0.876. The molecule has 0 saturated heterocycles. The molecule has 4 rings (SSSR count).